The van der Waals surface area contributed by atoms with Gasteiger partial charge in [-0.25, -0.2) is 4.98 Å². The van der Waals surface area contributed by atoms with Crippen LogP contribution in [0, 0.1) is 0 Å². The summed E-state index contributed by atoms with van der Waals surface area (Å²) < 4.78 is 10.1. The Morgan fingerprint density at radius 3 is 2.71 bits per heavy atom. The molecule has 9 nitrogen and oxygen atoms in total. The minimum absolute atomic E-state index is 0.152. The van der Waals surface area contributed by atoms with Crippen molar-refractivity contribution < 1.29 is 13.9 Å². The van der Waals surface area contributed by atoms with Crippen molar-refractivity contribution in [2.24, 2.45) is 0 Å². The van der Waals surface area contributed by atoms with Gasteiger partial charge in [0.2, 0.25) is 0 Å². The van der Waals surface area contributed by atoms with E-state index < -0.39 is 5.91 Å². The second kappa shape index (κ2) is 5.75. The lowest BCUT2D eigenvalue weighted by molar-refractivity contribution is 0.0991. The Labute approximate surface area is 120 Å². The zero-order valence-corrected chi connectivity index (χ0v) is 11.2. The van der Waals surface area contributed by atoms with Gasteiger partial charge in [-0.2, -0.15) is 0 Å². The number of ether oxygens (including phenoxy) is 1. The molecule has 2 aromatic rings. The molecular formula is C12H14N6O3. The largest absolute Gasteiger partial charge is 0.399 e. The SMILES string of the molecule is Nc1nnc(C(=O)Nc2ccc(N3CCOCC3)nc2)o1. The fourth-order valence-electron chi connectivity index (χ4n) is 1.95. The molecule has 3 N–H and O–H groups in total. The number of amides is 1. The third kappa shape index (κ3) is 3.08. The quantitative estimate of drug-likeness (QED) is 0.819. The van der Waals surface area contributed by atoms with E-state index in [0.29, 0.717) is 18.9 Å². The van der Waals surface area contributed by atoms with Gasteiger partial charge in [-0.15, -0.1) is 5.10 Å². The molecule has 21 heavy (non-hydrogen) atoms. The molecule has 0 atom stereocenters. The van der Waals surface area contributed by atoms with Crippen molar-refractivity contribution in [2.75, 3.05) is 42.3 Å². The molecule has 2 aromatic heterocycles. The molecule has 1 aliphatic rings. The number of nitrogens with two attached hydrogens (primary N) is 1. The van der Waals surface area contributed by atoms with Crippen molar-refractivity contribution in [3.63, 3.8) is 0 Å². The monoisotopic (exact) mass is 290 g/mol. The Hall–Kier alpha value is -2.68. The molecule has 0 saturated carbocycles. The van der Waals surface area contributed by atoms with Crippen LogP contribution in [0.1, 0.15) is 10.7 Å². The van der Waals surface area contributed by atoms with Gasteiger partial charge >= 0.3 is 17.8 Å². The number of carbonyl (C=O) groups excluding carboxylic acids is 1. The zero-order valence-electron chi connectivity index (χ0n) is 11.2. The van der Waals surface area contributed by atoms with Gasteiger partial charge in [0.1, 0.15) is 5.82 Å². The van der Waals surface area contributed by atoms with Crippen molar-refractivity contribution in [3.05, 3.63) is 24.2 Å². The number of rotatable bonds is 3. The van der Waals surface area contributed by atoms with Crippen molar-refractivity contribution in [1.29, 1.82) is 0 Å². The summed E-state index contributed by atoms with van der Waals surface area (Å²) in [5.74, 6) is 0.128. The standard InChI is InChI=1S/C12H14N6O3/c13-12-17-16-11(21-12)10(19)15-8-1-2-9(14-7-8)18-3-5-20-6-4-18/h1-2,7H,3-6H2,(H2,13,17)(H,15,19). The number of hydrogen-bond acceptors (Lipinski definition) is 8. The van der Waals surface area contributed by atoms with Crippen LogP contribution in [0.15, 0.2) is 22.7 Å². The van der Waals surface area contributed by atoms with Gasteiger partial charge in [0.05, 0.1) is 25.1 Å². The Kier molecular flexibility index (Phi) is 3.65. The molecule has 3 rings (SSSR count). The highest BCUT2D eigenvalue weighted by Crippen LogP contribution is 2.16. The molecule has 0 spiro atoms. The average molecular weight is 290 g/mol. The molecule has 110 valence electrons. The van der Waals surface area contributed by atoms with Crippen LogP contribution in [-0.2, 0) is 4.74 Å². The Morgan fingerprint density at radius 2 is 2.10 bits per heavy atom. The molecule has 0 aromatic carbocycles. The summed E-state index contributed by atoms with van der Waals surface area (Å²) in [6, 6.07) is 3.44. The average Bonchev–Trinajstić information content (AvgIpc) is 2.96. The third-order valence-corrected chi connectivity index (χ3v) is 2.98. The van der Waals surface area contributed by atoms with Gasteiger partial charge in [0.25, 0.3) is 0 Å². The lowest BCUT2D eigenvalue weighted by Gasteiger charge is -2.27. The fourth-order valence-corrected chi connectivity index (χ4v) is 1.95. The number of morpholine rings is 1. The van der Waals surface area contributed by atoms with E-state index in [9.17, 15) is 4.79 Å². The van der Waals surface area contributed by atoms with Crippen LogP contribution in [-0.4, -0.2) is 47.4 Å². The first-order valence-corrected chi connectivity index (χ1v) is 6.41. The molecule has 0 radical (unpaired) electrons. The van der Waals surface area contributed by atoms with Crippen molar-refractivity contribution >= 4 is 23.4 Å². The smallest absolute Gasteiger partial charge is 0.313 e. The van der Waals surface area contributed by atoms with Crippen LogP contribution in [0.2, 0.25) is 0 Å². The first-order chi connectivity index (χ1) is 10.2. The summed E-state index contributed by atoms with van der Waals surface area (Å²) in [5, 5.41) is 9.53. The van der Waals surface area contributed by atoms with Gasteiger partial charge in [-0.3, -0.25) is 4.79 Å². The summed E-state index contributed by atoms with van der Waals surface area (Å²) >= 11 is 0. The molecular weight excluding hydrogens is 276 g/mol. The van der Waals surface area contributed by atoms with Crippen molar-refractivity contribution in [1.82, 2.24) is 15.2 Å². The Balaban J connectivity index is 1.65. The number of aromatic nitrogens is 3. The van der Waals surface area contributed by atoms with E-state index in [1.807, 2.05) is 6.07 Å². The summed E-state index contributed by atoms with van der Waals surface area (Å²) in [6.07, 6.45) is 1.57. The van der Waals surface area contributed by atoms with Gasteiger partial charge in [0, 0.05) is 13.1 Å². The van der Waals surface area contributed by atoms with E-state index in [2.05, 4.69) is 25.4 Å². The lowest BCUT2D eigenvalue weighted by atomic mass is 10.3. The second-order valence-electron chi connectivity index (χ2n) is 4.40. The van der Waals surface area contributed by atoms with Gasteiger partial charge in [-0.1, -0.05) is 5.10 Å². The summed E-state index contributed by atoms with van der Waals surface area (Å²) in [6.45, 7) is 3.00. The molecule has 1 fully saturated rings. The maximum atomic E-state index is 11.8. The van der Waals surface area contributed by atoms with E-state index in [1.165, 1.54) is 0 Å². The van der Waals surface area contributed by atoms with Crippen LogP contribution >= 0.6 is 0 Å². The molecule has 1 amide bonds. The topological polar surface area (TPSA) is 119 Å². The minimum Gasteiger partial charge on any atom is -0.399 e. The predicted octanol–water partition coefficient (Wildman–Crippen LogP) is 0.136. The summed E-state index contributed by atoms with van der Waals surface area (Å²) in [4.78, 5) is 18.2. The third-order valence-electron chi connectivity index (χ3n) is 2.98. The highest BCUT2D eigenvalue weighted by molar-refractivity contribution is 6.00. The lowest BCUT2D eigenvalue weighted by Crippen LogP contribution is -2.36. The van der Waals surface area contributed by atoms with E-state index in [0.717, 1.165) is 18.9 Å². The fraction of sp³-hybridized carbons (Fsp3) is 0.333. The first-order valence-electron chi connectivity index (χ1n) is 6.41. The van der Waals surface area contributed by atoms with Crippen LogP contribution < -0.4 is 16.0 Å². The predicted molar refractivity (Wildman–Crippen MR) is 73.9 cm³/mol. The van der Waals surface area contributed by atoms with Gasteiger partial charge in [-0.05, 0) is 12.1 Å². The maximum Gasteiger partial charge on any atom is 0.313 e. The Bertz CT molecular complexity index is 620. The number of nitrogen functional groups attached to an aromatic ring is 1. The number of nitrogens with zero attached hydrogens (tertiary/aromatic N) is 4. The molecule has 0 unspecified atom stereocenters. The zero-order chi connectivity index (χ0) is 14.7. The van der Waals surface area contributed by atoms with Crippen LogP contribution in [0.5, 0.6) is 0 Å². The number of anilines is 3. The van der Waals surface area contributed by atoms with Crippen LogP contribution in [0.3, 0.4) is 0 Å². The molecule has 1 aliphatic heterocycles. The molecule has 0 aliphatic carbocycles. The Morgan fingerprint density at radius 1 is 1.29 bits per heavy atom. The van der Waals surface area contributed by atoms with E-state index in [1.54, 1.807) is 12.3 Å². The minimum atomic E-state index is -0.528. The molecule has 0 bridgehead atoms. The highest BCUT2D eigenvalue weighted by atomic mass is 16.5. The van der Waals surface area contributed by atoms with Crippen LogP contribution in [0.4, 0.5) is 17.5 Å². The second-order valence-corrected chi connectivity index (χ2v) is 4.40. The number of carbonyl (C=O) groups is 1. The molecule has 3 heterocycles. The first kappa shape index (κ1) is 13.3. The van der Waals surface area contributed by atoms with Gasteiger partial charge in [0.15, 0.2) is 0 Å². The number of nitrogens with one attached hydrogen (secondary N) is 1. The maximum absolute atomic E-state index is 11.8. The molecule has 9 heteroatoms. The normalized spacial score (nSPS) is 15.0. The summed E-state index contributed by atoms with van der Waals surface area (Å²) in [7, 11) is 0. The highest BCUT2D eigenvalue weighted by Gasteiger charge is 2.15. The van der Waals surface area contributed by atoms with E-state index in [4.69, 9.17) is 14.9 Å². The van der Waals surface area contributed by atoms with E-state index in [-0.39, 0.29) is 11.9 Å². The van der Waals surface area contributed by atoms with Crippen LogP contribution in [0.25, 0.3) is 0 Å². The number of hydrogen-bond donors (Lipinski definition) is 2. The van der Waals surface area contributed by atoms with Crippen molar-refractivity contribution in [3.8, 4) is 0 Å². The van der Waals surface area contributed by atoms with E-state index >= 15 is 0 Å². The van der Waals surface area contributed by atoms with Crippen molar-refractivity contribution in [2.45, 2.75) is 0 Å². The van der Waals surface area contributed by atoms with Gasteiger partial charge < -0.3 is 25.1 Å². The molecule has 1 saturated heterocycles. The summed E-state index contributed by atoms with van der Waals surface area (Å²) in [5.41, 5.74) is 5.80. The number of pyridine rings is 1.